The van der Waals surface area contributed by atoms with Gasteiger partial charge in [0.2, 0.25) is 0 Å². The van der Waals surface area contributed by atoms with Crippen LogP contribution in [0, 0.1) is 0 Å². The fourth-order valence-corrected chi connectivity index (χ4v) is 2.18. The van der Waals surface area contributed by atoms with Crippen LogP contribution in [-0.4, -0.2) is 28.0 Å². The summed E-state index contributed by atoms with van der Waals surface area (Å²) in [6.07, 6.45) is 0. The minimum atomic E-state index is -3.78. The van der Waals surface area contributed by atoms with Crippen molar-refractivity contribution < 1.29 is 17.9 Å². The van der Waals surface area contributed by atoms with Crippen molar-refractivity contribution in [2.24, 2.45) is 0 Å². The zero-order valence-corrected chi connectivity index (χ0v) is 9.88. The second-order valence-electron chi connectivity index (χ2n) is 3.31. The van der Waals surface area contributed by atoms with Crippen molar-refractivity contribution in [1.29, 1.82) is 0 Å². The third kappa shape index (κ3) is 1.85. The maximum absolute atomic E-state index is 11.3. The van der Waals surface area contributed by atoms with E-state index in [0.717, 1.165) is 0 Å². The van der Waals surface area contributed by atoms with Crippen LogP contribution in [0.25, 0.3) is 0 Å². The van der Waals surface area contributed by atoms with Gasteiger partial charge in [-0.3, -0.25) is 4.79 Å². The molecule has 86 valence electrons. The Labute approximate surface area is 97.0 Å². The van der Waals surface area contributed by atoms with Crippen LogP contribution < -0.4 is 9.64 Å². The fraction of sp³-hybridized carbons (Fsp3) is 0.222. The quantitative estimate of drug-likeness (QED) is 0.707. The molecule has 0 atom stereocenters. The van der Waals surface area contributed by atoms with E-state index in [9.17, 15) is 13.2 Å². The second-order valence-corrected chi connectivity index (χ2v) is 5.87. The molecular weight excluding hydrogens is 254 g/mol. The first-order valence-corrected chi connectivity index (χ1v) is 6.68. The van der Waals surface area contributed by atoms with Gasteiger partial charge in [0.15, 0.2) is 6.61 Å². The molecule has 0 saturated carbocycles. The number of carbonyl (C=O) groups excluding carboxylic acids is 1. The fourth-order valence-electron chi connectivity index (χ4n) is 1.41. The monoisotopic (exact) mass is 261 g/mol. The number of hydrogen-bond donors (Lipinski definition) is 0. The maximum atomic E-state index is 11.3. The molecule has 0 unspecified atom stereocenters. The van der Waals surface area contributed by atoms with E-state index in [1.807, 2.05) is 0 Å². The topological polar surface area (TPSA) is 63.7 Å². The number of anilines is 1. The van der Waals surface area contributed by atoms with Crippen molar-refractivity contribution in [3.05, 3.63) is 18.2 Å². The zero-order chi connectivity index (χ0) is 11.9. The molecule has 1 aromatic rings. The van der Waals surface area contributed by atoms with Crippen LogP contribution >= 0.6 is 10.7 Å². The Morgan fingerprint density at radius 3 is 2.75 bits per heavy atom. The summed E-state index contributed by atoms with van der Waals surface area (Å²) >= 11 is 0. The third-order valence-electron chi connectivity index (χ3n) is 2.30. The highest BCUT2D eigenvalue weighted by Crippen LogP contribution is 2.33. The van der Waals surface area contributed by atoms with E-state index in [0.29, 0.717) is 11.4 Å². The lowest BCUT2D eigenvalue weighted by molar-refractivity contribution is -0.120. The summed E-state index contributed by atoms with van der Waals surface area (Å²) in [7, 11) is 3.02. The van der Waals surface area contributed by atoms with Crippen LogP contribution in [0.1, 0.15) is 0 Å². The van der Waals surface area contributed by atoms with Crippen molar-refractivity contribution in [2.45, 2.75) is 4.90 Å². The SMILES string of the molecule is CN1C(=O)COc2cc(S(=O)(=O)Cl)ccc21. The minimum absolute atomic E-state index is 0.0457. The number of fused-ring (bicyclic) bond motifs is 1. The number of amides is 1. The van der Waals surface area contributed by atoms with Crippen molar-refractivity contribution >= 4 is 31.3 Å². The molecule has 0 bridgehead atoms. The van der Waals surface area contributed by atoms with E-state index >= 15 is 0 Å². The number of ether oxygens (including phenoxy) is 1. The molecule has 0 saturated heterocycles. The van der Waals surface area contributed by atoms with Crippen molar-refractivity contribution in [3.63, 3.8) is 0 Å². The first-order chi connectivity index (χ1) is 7.39. The van der Waals surface area contributed by atoms with Crippen molar-refractivity contribution in [2.75, 3.05) is 18.6 Å². The van der Waals surface area contributed by atoms with Crippen molar-refractivity contribution in [3.8, 4) is 5.75 Å². The normalized spacial score (nSPS) is 15.6. The average Bonchev–Trinajstić information content (AvgIpc) is 2.22. The van der Waals surface area contributed by atoms with Crippen LogP contribution in [0.5, 0.6) is 5.75 Å². The van der Waals surface area contributed by atoms with Crippen LogP contribution in [-0.2, 0) is 13.8 Å². The van der Waals surface area contributed by atoms with E-state index in [1.165, 1.54) is 23.1 Å². The number of hydrogen-bond acceptors (Lipinski definition) is 4. The number of carbonyl (C=O) groups is 1. The summed E-state index contributed by atoms with van der Waals surface area (Å²) in [5.41, 5.74) is 0.528. The molecule has 0 N–H and O–H groups in total. The van der Waals surface area contributed by atoms with Gasteiger partial charge < -0.3 is 9.64 Å². The molecule has 5 nitrogen and oxygen atoms in total. The highest BCUT2D eigenvalue weighted by atomic mass is 35.7. The Kier molecular flexibility index (Phi) is 2.55. The van der Waals surface area contributed by atoms with E-state index in [-0.39, 0.29) is 17.4 Å². The van der Waals surface area contributed by atoms with Crippen LogP contribution in [0.4, 0.5) is 5.69 Å². The summed E-state index contributed by atoms with van der Waals surface area (Å²) in [5, 5.41) is 0. The predicted molar refractivity (Wildman–Crippen MR) is 58.4 cm³/mol. The number of likely N-dealkylation sites (N-methyl/N-ethyl adjacent to an activating group) is 1. The molecule has 7 heteroatoms. The van der Waals surface area contributed by atoms with Gasteiger partial charge in [0, 0.05) is 23.8 Å². The average molecular weight is 262 g/mol. The molecule has 1 heterocycles. The summed E-state index contributed by atoms with van der Waals surface area (Å²) in [6.45, 7) is -0.102. The molecular formula is C9H8ClNO4S. The van der Waals surface area contributed by atoms with Gasteiger partial charge in [-0.15, -0.1) is 0 Å². The number of benzene rings is 1. The molecule has 1 amide bonds. The summed E-state index contributed by atoms with van der Waals surface area (Å²) in [6, 6.07) is 4.13. The lowest BCUT2D eigenvalue weighted by Gasteiger charge is -2.25. The van der Waals surface area contributed by atoms with Gasteiger partial charge in [-0.05, 0) is 12.1 Å². The molecule has 0 aliphatic carbocycles. The first-order valence-electron chi connectivity index (χ1n) is 4.37. The molecule has 0 spiro atoms. The lowest BCUT2D eigenvalue weighted by atomic mass is 10.2. The van der Waals surface area contributed by atoms with E-state index in [4.69, 9.17) is 15.4 Å². The van der Waals surface area contributed by atoms with Gasteiger partial charge in [0.05, 0.1) is 10.6 Å². The van der Waals surface area contributed by atoms with Crippen LogP contribution in [0.2, 0.25) is 0 Å². The minimum Gasteiger partial charge on any atom is -0.482 e. The predicted octanol–water partition coefficient (Wildman–Crippen LogP) is 0.969. The zero-order valence-electron chi connectivity index (χ0n) is 8.31. The first kappa shape index (κ1) is 11.2. The molecule has 2 rings (SSSR count). The second kappa shape index (κ2) is 3.64. The van der Waals surface area contributed by atoms with E-state index < -0.39 is 9.05 Å². The highest BCUT2D eigenvalue weighted by Gasteiger charge is 2.24. The number of halogens is 1. The molecule has 16 heavy (non-hydrogen) atoms. The molecule has 0 radical (unpaired) electrons. The Balaban J connectivity index is 2.53. The number of rotatable bonds is 1. The van der Waals surface area contributed by atoms with Crippen LogP contribution in [0.3, 0.4) is 0 Å². The highest BCUT2D eigenvalue weighted by molar-refractivity contribution is 8.13. The Bertz CT molecular complexity index is 555. The molecule has 1 aromatic carbocycles. The largest absolute Gasteiger partial charge is 0.482 e. The van der Waals surface area contributed by atoms with Gasteiger partial charge in [-0.25, -0.2) is 8.42 Å². The summed E-state index contributed by atoms with van der Waals surface area (Å²) in [4.78, 5) is 12.7. The van der Waals surface area contributed by atoms with Gasteiger partial charge in [0.1, 0.15) is 5.75 Å². The third-order valence-corrected chi connectivity index (χ3v) is 3.65. The number of nitrogens with zero attached hydrogens (tertiary/aromatic N) is 1. The van der Waals surface area contributed by atoms with Crippen LogP contribution in [0.15, 0.2) is 23.1 Å². The van der Waals surface area contributed by atoms with E-state index in [1.54, 1.807) is 7.05 Å². The smallest absolute Gasteiger partial charge is 0.264 e. The lowest BCUT2D eigenvalue weighted by Crippen LogP contribution is -2.35. The standard InChI is InChI=1S/C9H8ClNO4S/c1-11-7-3-2-6(16(10,13)14)4-8(7)15-5-9(11)12/h2-4H,5H2,1H3. The Morgan fingerprint density at radius 2 is 2.12 bits per heavy atom. The van der Waals surface area contributed by atoms with Gasteiger partial charge >= 0.3 is 0 Å². The molecule has 0 aromatic heterocycles. The molecule has 0 fully saturated rings. The maximum Gasteiger partial charge on any atom is 0.264 e. The Morgan fingerprint density at radius 1 is 1.44 bits per heavy atom. The van der Waals surface area contributed by atoms with Gasteiger partial charge in [-0.2, -0.15) is 0 Å². The summed E-state index contributed by atoms with van der Waals surface area (Å²) < 4.78 is 27.3. The molecule has 1 aliphatic rings. The van der Waals surface area contributed by atoms with E-state index in [2.05, 4.69) is 0 Å². The van der Waals surface area contributed by atoms with Crippen molar-refractivity contribution in [1.82, 2.24) is 0 Å². The Hall–Kier alpha value is -1.27. The van der Waals surface area contributed by atoms with Gasteiger partial charge in [0.25, 0.3) is 15.0 Å². The molecule has 1 aliphatic heterocycles. The van der Waals surface area contributed by atoms with Gasteiger partial charge in [-0.1, -0.05) is 0 Å². The summed E-state index contributed by atoms with van der Waals surface area (Å²) in [5.74, 6) is 0.151.